The van der Waals surface area contributed by atoms with Gasteiger partial charge in [-0.3, -0.25) is 4.79 Å². The van der Waals surface area contributed by atoms with Gasteiger partial charge in [0.05, 0.1) is 16.8 Å². The number of aromatic nitrogens is 1. The fourth-order valence-electron chi connectivity index (χ4n) is 2.59. The predicted octanol–water partition coefficient (Wildman–Crippen LogP) is 4.37. The van der Waals surface area contributed by atoms with Gasteiger partial charge in [-0.05, 0) is 25.1 Å². The Morgan fingerprint density at radius 3 is 2.48 bits per heavy atom. The topological polar surface area (TPSA) is 71.2 Å². The molecule has 140 valence electrons. The van der Waals surface area contributed by atoms with Crippen molar-refractivity contribution in [1.29, 1.82) is 0 Å². The van der Waals surface area contributed by atoms with Crippen molar-refractivity contribution in [2.75, 3.05) is 5.32 Å². The normalized spacial score (nSPS) is 12.6. The quantitative estimate of drug-likeness (QED) is 0.664. The number of hydrogen-bond acceptors (Lipinski definition) is 3. The van der Waals surface area contributed by atoms with Gasteiger partial charge in [-0.2, -0.15) is 13.2 Å². The average Bonchev–Trinajstić information content (AvgIpc) is 3.05. The molecule has 8 heteroatoms. The molecule has 0 aliphatic rings. The van der Waals surface area contributed by atoms with Gasteiger partial charge in [0.1, 0.15) is 0 Å². The summed E-state index contributed by atoms with van der Waals surface area (Å²) in [5, 5.41) is 2.78. The minimum atomic E-state index is -4.62. The molecule has 0 aliphatic heterocycles. The number of alkyl halides is 3. The molecule has 0 unspecified atom stereocenters. The number of anilines is 1. The van der Waals surface area contributed by atoms with Gasteiger partial charge in [-0.1, -0.05) is 30.3 Å². The lowest BCUT2D eigenvalue weighted by molar-refractivity contribution is -0.137. The molecule has 1 atom stereocenters. The largest absolute Gasteiger partial charge is 0.449 e. The molecule has 1 aromatic heterocycles. The molecular weight excluding hydrogens is 361 g/mol. The molecule has 3 aromatic rings. The Balaban J connectivity index is 1.72. The van der Waals surface area contributed by atoms with Gasteiger partial charge in [-0.25, -0.2) is 4.79 Å². The van der Waals surface area contributed by atoms with Crippen LogP contribution in [0.25, 0.3) is 10.9 Å². The van der Waals surface area contributed by atoms with Crippen LogP contribution in [0.4, 0.5) is 18.9 Å². The van der Waals surface area contributed by atoms with E-state index in [2.05, 4.69) is 10.3 Å². The Bertz CT molecular complexity index is 995. The van der Waals surface area contributed by atoms with Gasteiger partial charge in [0.15, 0.2) is 6.10 Å². The molecule has 1 amide bonds. The summed E-state index contributed by atoms with van der Waals surface area (Å²) in [4.78, 5) is 27.4. The Labute approximate surface area is 152 Å². The van der Waals surface area contributed by atoms with Crippen LogP contribution >= 0.6 is 0 Å². The fourth-order valence-corrected chi connectivity index (χ4v) is 2.59. The molecule has 2 N–H and O–H groups in total. The van der Waals surface area contributed by atoms with Gasteiger partial charge < -0.3 is 15.0 Å². The number of esters is 1. The monoisotopic (exact) mass is 376 g/mol. The first-order valence-electron chi connectivity index (χ1n) is 8.01. The van der Waals surface area contributed by atoms with Crippen LogP contribution in [0.15, 0.2) is 54.7 Å². The van der Waals surface area contributed by atoms with Crippen molar-refractivity contribution in [3.63, 3.8) is 0 Å². The second-order valence-electron chi connectivity index (χ2n) is 5.83. The Kier molecular flexibility index (Phi) is 4.89. The number of aromatic amines is 1. The van der Waals surface area contributed by atoms with Crippen molar-refractivity contribution in [1.82, 2.24) is 4.98 Å². The molecule has 3 rings (SSSR count). The van der Waals surface area contributed by atoms with Crippen LogP contribution in [-0.4, -0.2) is 23.0 Å². The number of ether oxygens (including phenoxy) is 1. The highest BCUT2D eigenvalue weighted by Crippen LogP contribution is 2.34. The zero-order chi connectivity index (χ0) is 19.6. The zero-order valence-corrected chi connectivity index (χ0v) is 14.1. The maximum Gasteiger partial charge on any atom is 0.418 e. The van der Waals surface area contributed by atoms with Crippen molar-refractivity contribution in [3.05, 3.63) is 65.9 Å². The predicted molar refractivity (Wildman–Crippen MR) is 93.2 cm³/mol. The van der Waals surface area contributed by atoms with Crippen molar-refractivity contribution in [2.24, 2.45) is 0 Å². The number of hydrogen-bond donors (Lipinski definition) is 2. The summed E-state index contributed by atoms with van der Waals surface area (Å²) in [6.45, 7) is 1.29. The standard InChI is InChI=1S/C19H15F3N2O3/c1-11(17(25)24-16-9-5-3-7-14(16)19(20,21)22)27-18(26)13-10-23-15-8-4-2-6-12(13)15/h2-11,23H,1H3,(H,24,25)/t11-/m0/s1. The average molecular weight is 376 g/mol. The third kappa shape index (κ3) is 3.94. The number of nitrogens with one attached hydrogen (secondary N) is 2. The SMILES string of the molecule is C[C@H](OC(=O)c1c[nH]c2ccccc12)C(=O)Nc1ccccc1C(F)(F)F. The summed E-state index contributed by atoms with van der Waals surface area (Å²) < 4.78 is 44.1. The summed E-state index contributed by atoms with van der Waals surface area (Å²) in [6.07, 6.45) is -4.45. The fraction of sp³-hybridized carbons (Fsp3) is 0.158. The molecule has 0 radical (unpaired) electrons. The van der Waals surface area contributed by atoms with Gasteiger partial charge >= 0.3 is 12.1 Å². The second kappa shape index (κ2) is 7.14. The van der Waals surface area contributed by atoms with Gasteiger partial charge in [0.25, 0.3) is 5.91 Å². The highest BCUT2D eigenvalue weighted by atomic mass is 19.4. The van der Waals surface area contributed by atoms with Crippen molar-refractivity contribution >= 4 is 28.5 Å². The first-order valence-corrected chi connectivity index (χ1v) is 8.01. The van der Waals surface area contributed by atoms with Gasteiger partial charge in [0, 0.05) is 17.1 Å². The Morgan fingerprint density at radius 2 is 1.74 bits per heavy atom. The van der Waals surface area contributed by atoms with Gasteiger partial charge in [-0.15, -0.1) is 0 Å². The number of amides is 1. The highest BCUT2D eigenvalue weighted by molar-refractivity contribution is 6.05. The Morgan fingerprint density at radius 1 is 1.07 bits per heavy atom. The van der Waals surface area contributed by atoms with Crippen LogP contribution in [0.2, 0.25) is 0 Å². The highest BCUT2D eigenvalue weighted by Gasteiger charge is 2.34. The molecular formula is C19H15F3N2O3. The molecule has 5 nitrogen and oxygen atoms in total. The van der Waals surface area contributed by atoms with Crippen LogP contribution in [-0.2, 0) is 15.7 Å². The van der Waals surface area contributed by atoms with E-state index in [9.17, 15) is 22.8 Å². The molecule has 0 bridgehead atoms. The van der Waals surface area contributed by atoms with Crippen LogP contribution in [0.1, 0.15) is 22.8 Å². The zero-order valence-electron chi connectivity index (χ0n) is 14.1. The summed E-state index contributed by atoms with van der Waals surface area (Å²) in [6, 6.07) is 11.6. The molecule has 0 fully saturated rings. The Hall–Kier alpha value is -3.29. The van der Waals surface area contributed by atoms with E-state index < -0.39 is 35.4 Å². The minimum absolute atomic E-state index is 0.237. The lowest BCUT2D eigenvalue weighted by atomic mass is 10.1. The first-order chi connectivity index (χ1) is 12.8. The van der Waals surface area contributed by atoms with E-state index in [4.69, 9.17) is 4.74 Å². The van der Waals surface area contributed by atoms with E-state index in [1.807, 2.05) is 0 Å². The minimum Gasteiger partial charge on any atom is -0.449 e. The van der Waals surface area contributed by atoms with Crippen molar-refractivity contribution in [2.45, 2.75) is 19.2 Å². The van der Waals surface area contributed by atoms with Crippen molar-refractivity contribution < 1.29 is 27.5 Å². The third-order valence-electron chi connectivity index (χ3n) is 3.95. The van der Waals surface area contributed by atoms with E-state index in [0.29, 0.717) is 5.39 Å². The smallest absolute Gasteiger partial charge is 0.418 e. The molecule has 0 saturated heterocycles. The summed E-state index contributed by atoms with van der Waals surface area (Å²) in [5.74, 6) is -1.61. The summed E-state index contributed by atoms with van der Waals surface area (Å²) in [7, 11) is 0. The van der Waals surface area contributed by atoms with Crippen molar-refractivity contribution in [3.8, 4) is 0 Å². The van der Waals surface area contributed by atoms with Crippen LogP contribution in [0, 0.1) is 0 Å². The maximum absolute atomic E-state index is 13.0. The number of carbonyl (C=O) groups excluding carboxylic acids is 2. The number of fused-ring (bicyclic) bond motifs is 1. The van der Waals surface area contributed by atoms with E-state index >= 15 is 0 Å². The second-order valence-corrected chi connectivity index (χ2v) is 5.83. The number of carbonyl (C=O) groups is 2. The van der Waals surface area contributed by atoms with Crippen LogP contribution in [0.5, 0.6) is 0 Å². The molecule has 0 saturated carbocycles. The maximum atomic E-state index is 13.0. The first kappa shape index (κ1) is 18.5. The van der Waals surface area contributed by atoms with Gasteiger partial charge in [0.2, 0.25) is 0 Å². The lowest BCUT2D eigenvalue weighted by Gasteiger charge is -2.16. The van der Waals surface area contributed by atoms with Crippen LogP contribution < -0.4 is 5.32 Å². The molecule has 2 aromatic carbocycles. The molecule has 0 aliphatic carbocycles. The summed E-state index contributed by atoms with van der Waals surface area (Å²) >= 11 is 0. The number of halogens is 3. The molecule has 1 heterocycles. The number of benzene rings is 2. The number of para-hydroxylation sites is 2. The van der Waals surface area contributed by atoms with Crippen LogP contribution in [0.3, 0.4) is 0 Å². The van der Waals surface area contributed by atoms with E-state index in [0.717, 1.165) is 17.6 Å². The summed E-state index contributed by atoms with van der Waals surface area (Å²) in [5.41, 5.74) is -0.417. The molecule has 27 heavy (non-hydrogen) atoms. The third-order valence-corrected chi connectivity index (χ3v) is 3.95. The van der Waals surface area contributed by atoms with E-state index in [1.165, 1.54) is 25.3 Å². The number of rotatable bonds is 4. The number of H-pyrrole nitrogens is 1. The van der Waals surface area contributed by atoms with E-state index in [1.54, 1.807) is 24.3 Å². The molecule has 0 spiro atoms. The van der Waals surface area contributed by atoms with E-state index in [-0.39, 0.29) is 5.56 Å². The lowest BCUT2D eigenvalue weighted by Crippen LogP contribution is -2.30.